The van der Waals surface area contributed by atoms with Crippen LogP contribution in [0.3, 0.4) is 0 Å². The Morgan fingerprint density at radius 3 is 2.00 bits per heavy atom. The van der Waals surface area contributed by atoms with Gasteiger partial charge in [-0.2, -0.15) is 0 Å². The molecule has 0 spiro atoms. The average molecular weight is 286 g/mol. The Kier molecular flexibility index (Phi) is 10.4. The quantitative estimate of drug-likeness (QED) is 0.364. The Balaban J connectivity index is 1.92. The van der Waals surface area contributed by atoms with E-state index in [0.717, 1.165) is 12.2 Å². The zero-order valence-electron chi connectivity index (χ0n) is 13.8. The van der Waals surface area contributed by atoms with Crippen LogP contribution in [-0.4, -0.2) is 0 Å². The lowest BCUT2D eigenvalue weighted by molar-refractivity contribution is 0.517. The van der Waals surface area contributed by atoms with Gasteiger partial charge in [0, 0.05) is 6.42 Å². The maximum atomic E-state index is 5.38. The summed E-state index contributed by atoms with van der Waals surface area (Å²) in [5, 5.41) is 0. The lowest BCUT2D eigenvalue weighted by Crippen LogP contribution is -1.83. The van der Waals surface area contributed by atoms with Gasteiger partial charge in [-0.1, -0.05) is 81.9 Å². The summed E-state index contributed by atoms with van der Waals surface area (Å²) in [4.78, 5) is 0. The molecule has 1 nitrogen and oxygen atoms in total. The molecule has 1 rings (SSSR count). The van der Waals surface area contributed by atoms with Crippen LogP contribution in [0.15, 0.2) is 24.3 Å². The number of benzene rings is 1. The minimum atomic E-state index is 0.833. The molecule has 0 aromatic heterocycles. The second-order valence-electron chi connectivity index (χ2n) is 5.77. The largest absolute Gasteiger partial charge is 0.408 e. The molecular weight excluding hydrogens is 256 g/mol. The first-order chi connectivity index (χ1) is 10.3. The number of ether oxygens (including phenoxy) is 1. The van der Waals surface area contributed by atoms with Crippen LogP contribution in [-0.2, 0) is 0 Å². The third-order valence-corrected chi connectivity index (χ3v) is 3.67. The minimum absolute atomic E-state index is 0.833. The molecule has 0 atom stereocenters. The van der Waals surface area contributed by atoms with Crippen molar-refractivity contribution < 1.29 is 4.74 Å². The lowest BCUT2D eigenvalue weighted by atomic mass is 10.1. The molecule has 116 valence electrons. The lowest BCUT2D eigenvalue weighted by Gasteiger charge is -2.00. The van der Waals surface area contributed by atoms with Gasteiger partial charge in [-0.05, 0) is 25.5 Å². The van der Waals surface area contributed by atoms with Crippen LogP contribution in [0.25, 0.3) is 0 Å². The van der Waals surface area contributed by atoms with Crippen molar-refractivity contribution in [2.75, 3.05) is 0 Å². The van der Waals surface area contributed by atoms with Gasteiger partial charge < -0.3 is 4.74 Å². The molecule has 1 aromatic rings. The molecule has 1 heteroatoms. The molecule has 0 unspecified atom stereocenters. The number of unbranched alkanes of at least 4 members (excludes halogenated alkanes) is 9. The van der Waals surface area contributed by atoms with Crippen LogP contribution in [0, 0.1) is 19.0 Å². The number of hydrogen-bond donors (Lipinski definition) is 0. The van der Waals surface area contributed by atoms with Gasteiger partial charge in [0.05, 0.1) is 0 Å². The molecular formula is C20H30O. The first kappa shape index (κ1) is 17.6. The van der Waals surface area contributed by atoms with Crippen molar-refractivity contribution >= 4 is 0 Å². The van der Waals surface area contributed by atoms with Gasteiger partial charge in [0.1, 0.15) is 11.9 Å². The monoisotopic (exact) mass is 286 g/mol. The number of aryl methyl sites for hydroxylation is 1. The minimum Gasteiger partial charge on any atom is -0.408 e. The predicted molar refractivity (Wildman–Crippen MR) is 91.4 cm³/mol. The molecule has 21 heavy (non-hydrogen) atoms. The van der Waals surface area contributed by atoms with E-state index >= 15 is 0 Å². The van der Waals surface area contributed by atoms with Crippen LogP contribution >= 0.6 is 0 Å². The normalized spacial score (nSPS) is 10.0. The average Bonchev–Trinajstić information content (AvgIpc) is 2.50. The first-order valence-electron chi connectivity index (χ1n) is 8.54. The summed E-state index contributed by atoms with van der Waals surface area (Å²) in [6, 6.07) is 8.00. The predicted octanol–water partition coefficient (Wildman–Crippen LogP) is 6.26. The van der Waals surface area contributed by atoms with Crippen LogP contribution < -0.4 is 4.74 Å². The van der Waals surface area contributed by atoms with Crippen LogP contribution in [0.2, 0.25) is 0 Å². The third kappa shape index (κ3) is 10.0. The van der Waals surface area contributed by atoms with Crippen molar-refractivity contribution in [3.8, 4) is 17.8 Å². The van der Waals surface area contributed by atoms with Gasteiger partial charge in [-0.3, -0.25) is 0 Å². The van der Waals surface area contributed by atoms with Crippen molar-refractivity contribution in [1.82, 2.24) is 0 Å². The highest BCUT2D eigenvalue weighted by Crippen LogP contribution is 2.11. The van der Waals surface area contributed by atoms with Gasteiger partial charge >= 0.3 is 0 Å². The topological polar surface area (TPSA) is 9.23 Å². The molecule has 0 saturated heterocycles. The Morgan fingerprint density at radius 2 is 1.38 bits per heavy atom. The van der Waals surface area contributed by atoms with E-state index in [1.807, 2.05) is 24.3 Å². The molecule has 0 radical (unpaired) electrons. The van der Waals surface area contributed by atoms with Gasteiger partial charge in [0.15, 0.2) is 0 Å². The van der Waals surface area contributed by atoms with E-state index < -0.39 is 0 Å². The summed E-state index contributed by atoms with van der Waals surface area (Å²) in [5.41, 5.74) is 1.24. The standard InChI is InChI=1S/C20H30O/c1-3-4-5-6-7-8-9-10-11-12-13-18-21-20-16-14-19(2)15-17-20/h14-17H,3-12H2,1-2H3. The summed E-state index contributed by atoms with van der Waals surface area (Å²) in [5.74, 6) is 3.93. The fourth-order valence-corrected chi connectivity index (χ4v) is 2.28. The zero-order chi connectivity index (χ0) is 15.2. The molecule has 0 aliphatic rings. The molecule has 0 bridgehead atoms. The van der Waals surface area contributed by atoms with E-state index in [9.17, 15) is 0 Å². The summed E-state index contributed by atoms with van der Waals surface area (Å²) < 4.78 is 5.38. The smallest absolute Gasteiger partial charge is 0.140 e. The summed E-state index contributed by atoms with van der Waals surface area (Å²) in [6.07, 6.45) is 15.9. The molecule has 0 aliphatic heterocycles. The Labute approximate surface area is 131 Å². The van der Waals surface area contributed by atoms with Crippen molar-refractivity contribution in [3.63, 3.8) is 0 Å². The summed E-state index contributed by atoms with van der Waals surface area (Å²) >= 11 is 0. The van der Waals surface area contributed by atoms with Crippen molar-refractivity contribution in [2.45, 2.75) is 78.1 Å². The Hall–Kier alpha value is -1.42. The molecule has 0 amide bonds. The highest BCUT2D eigenvalue weighted by Gasteiger charge is 1.92. The van der Waals surface area contributed by atoms with Gasteiger partial charge in [-0.25, -0.2) is 0 Å². The van der Waals surface area contributed by atoms with E-state index in [1.54, 1.807) is 0 Å². The number of hydrogen-bond acceptors (Lipinski definition) is 1. The van der Waals surface area contributed by atoms with Gasteiger partial charge in [0.25, 0.3) is 0 Å². The van der Waals surface area contributed by atoms with E-state index in [4.69, 9.17) is 4.74 Å². The second kappa shape index (κ2) is 12.3. The summed E-state index contributed by atoms with van der Waals surface area (Å²) in [6.45, 7) is 4.34. The van der Waals surface area contributed by atoms with Crippen molar-refractivity contribution in [2.24, 2.45) is 0 Å². The molecule has 0 aliphatic carbocycles. The Morgan fingerprint density at radius 1 is 0.810 bits per heavy atom. The van der Waals surface area contributed by atoms with Gasteiger partial charge in [-0.15, -0.1) is 0 Å². The van der Waals surface area contributed by atoms with Crippen LogP contribution in [0.4, 0.5) is 0 Å². The Bertz CT molecular complexity index is 408. The fourth-order valence-electron chi connectivity index (χ4n) is 2.28. The molecule has 0 heterocycles. The van der Waals surface area contributed by atoms with E-state index in [1.165, 1.54) is 63.4 Å². The highest BCUT2D eigenvalue weighted by atomic mass is 16.5. The second-order valence-corrected chi connectivity index (χ2v) is 5.77. The number of rotatable bonds is 10. The highest BCUT2D eigenvalue weighted by molar-refractivity contribution is 5.27. The van der Waals surface area contributed by atoms with Crippen LogP contribution in [0.5, 0.6) is 5.75 Å². The van der Waals surface area contributed by atoms with Gasteiger partial charge in [0.2, 0.25) is 0 Å². The summed E-state index contributed by atoms with van der Waals surface area (Å²) in [7, 11) is 0. The van der Waals surface area contributed by atoms with Crippen molar-refractivity contribution in [1.29, 1.82) is 0 Å². The van der Waals surface area contributed by atoms with E-state index in [2.05, 4.69) is 25.9 Å². The molecule has 0 N–H and O–H groups in total. The first-order valence-corrected chi connectivity index (χ1v) is 8.54. The SMILES string of the molecule is CCCCCCCCCCCC#COc1ccc(C)cc1. The van der Waals surface area contributed by atoms with E-state index in [-0.39, 0.29) is 0 Å². The van der Waals surface area contributed by atoms with Crippen LogP contribution in [0.1, 0.15) is 76.7 Å². The molecule has 0 fully saturated rings. The molecule has 0 saturated carbocycles. The molecule has 1 aromatic carbocycles. The maximum absolute atomic E-state index is 5.38. The third-order valence-electron chi connectivity index (χ3n) is 3.67. The maximum Gasteiger partial charge on any atom is 0.140 e. The van der Waals surface area contributed by atoms with Crippen molar-refractivity contribution in [3.05, 3.63) is 29.8 Å². The van der Waals surface area contributed by atoms with E-state index in [0.29, 0.717) is 0 Å². The fraction of sp³-hybridized carbons (Fsp3) is 0.600. The zero-order valence-corrected chi connectivity index (χ0v) is 13.8.